The summed E-state index contributed by atoms with van der Waals surface area (Å²) in [5.74, 6) is -0.947. The lowest BCUT2D eigenvalue weighted by molar-refractivity contribution is -0.136. The van der Waals surface area contributed by atoms with Crippen LogP contribution in [-0.2, 0) is 4.79 Å². The number of carboxylic acids is 1. The van der Waals surface area contributed by atoms with E-state index in [1.165, 1.54) is 31.0 Å². The van der Waals surface area contributed by atoms with E-state index in [0.717, 1.165) is 18.4 Å². The number of carbonyl (C=O) groups is 2. The number of hydrogen-bond donors (Lipinski definition) is 1. The Hall–Kier alpha value is -1.29. The van der Waals surface area contributed by atoms with Crippen molar-refractivity contribution in [3.05, 3.63) is 35.4 Å². The second-order valence-corrected chi connectivity index (χ2v) is 7.22. The average molecular weight is 306 g/mol. The zero-order valence-electron chi connectivity index (χ0n) is 12.4. The Bertz CT molecular complexity index is 489. The van der Waals surface area contributed by atoms with Gasteiger partial charge in [-0.3, -0.25) is 9.59 Å². The van der Waals surface area contributed by atoms with Crippen LogP contribution in [0, 0.1) is 6.92 Å². The van der Waals surface area contributed by atoms with E-state index in [1.54, 1.807) is 12.1 Å². The van der Waals surface area contributed by atoms with Gasteiger partial charge in [-0.2, -0.15) is 0 Å². The molecule has 21 heavy (non-hydrogen) atoms. The van der Waals surface area contributed by atoms with Crippen molar-refractivity contribution in [1.82, 2.24) is 0 Å². The van der Waals surface area contributed by atoms with Gasteiger partial charge in [0.05, 0.1) is 0 Å². The van der Waals surface area contributed by atoms with Gasteiger partial charge >= 0.3 is 5.97 Å². The Labute approximate surface area is 130 Å². The molecule has 1 saturated carbocycles. The molecule has 2 rings (SSSR count). The normalized spacial score (nSPS) is 17.4. The van der Waals surface area contributed by atoms with E-state index in [-0.39, 0.29) is 12.2 Å². The van der Waals surface area contributed by atoms with E-state index in [1.807, 2.05) is 19.1 Å². The number of ketones is 1. The first-order valence-corrected chi connectivity index (χ1v) is 8.48. The summed E-state index contributed by atoms with van der Waals surface area (Å²) in [7, 11) is 0. The van der Waals surface area contributed by atoms with Crippen molar-refractivity contribution in [3.63, 3.8) is 0 Å². The third kappa shape index (κ3) is 4.88. The van der Waals surface area contributed by atoms with E-state index in [0.29, 0.717) is 10.8 Å². The summed E-state index contributed by atoms with van der Waals surface area (Å²) >= 11 is 1.48. The molecule has 0 heterocycles. The maximum Gasteiger partial charge on any atom is 0.317 e. The molecule has 1 aliphatic carbocycles. The van der Waals surface area contributed by atoms with Crippen LogP contribution in [0.4, 0.5) is 0 Å². The van der Waals surface area contributed by atoms with Crippen molar-refractivity contribution >= 4 is 23.5 Å². The molecule has 0 aromatic heterocycles. The molecule has 3 nitrogen and oxygen atoms in total. The highest BCUT2D eigenvalue weighted by Gasteiger charge is 2.27. The van der Waals surface area contributed by atoms with E-state index < -0.39 is 11.2 Å². The highest BCUT2D eigenvalue weighted by molar-refractivity contribution is 8.01. The van der Waals surface area contributed by atoms with Crippen molar-refractivity contribution in [2.24, 2.45) is 0 Å². The molecule has 0 unspecified atom stereocenters. The molecular weight excluding hydrogens is 284 g/mol. The number of rotatable bonds is 6. The van der Waals surface area contributed by atoms with E-state index in [4.69, 9.17) is 0 Å². The van der Waals surface area contributed by atoms with Crippen LogP contribution >= 0.6 is 11.8 Å². The van der Waals surface area contributed by atoms with Gasteiger partial charge in [-0.05, 0) is 19.8 Å². The molecule has 0 bridgehead atoms. The molecule has 0 aliphatic heterocycles. The molecule has 0 saturated heterocycles. The molecule has 1 aromatic carbocycles. The fourth-order valence-corrected chi connectivity index (χ4v) is 4.09. The van der Waals surface area contributed by atoms with Gasteiger partial charge in [-0.15, -0.1) is 11.8 Å². The van der Waals surface area contributed by atoms with E-state index in [2.05, 4.69) is 0 Å². The third-order valence-electron chi connectivity index (χ3n) is 3.93. The fourth-order valence-electron chi connectivity index (χ4n) is 2.65. The van der Waals surface area contributed by atoms with Crippen LogP contribution in [0.15, 0.2) is 24.3 Å². The number of carboxylic acid groups (broad SMARTS) is 1. The Morgan fingerprint density at radius 1 is 1.19 bits per heavy atom. The summed E-state index contributed by atoms with van der Waals surface area (Å²) in [6.07, 6.45) is 5.84. The Kier molecular flexibility index (Phi) is 5.85. The first-order valence-electron chi connectivity index (χ1n) is 7.54. The number of hydrogen-bond acceptors (Lipinski definition) is 3. The van der Waals surface area contributed by atoms with Gasteiger partial charge in [0.1, 0.15) is 5.25 Å². The maximum atomic E-state index is 12.2. The molecule has 0 amide bonds. The van der Waals surface area contributed by atoms with Crippen LogP contribution < -0.4 is 0 Å². The summed E-state index contributed by atoms with van der Waals surface area (Å²) < 4.78 is 0. The molecule has 0 spiro atoms. The first-order chi connectivity index (χ1) is 10.1. The minimum Gasteiger partial charge on any atom is -0.480 e. The quantitative estimate of drug-likeness (QED) is 0.804. The Morgan fingerprint density at radius 2 is 1.81 bits per heavy atom. The zero-order valence-corrected chi connectivity index (χ0v) is 13.2. The zero-order chi connectivity index (χ0) is 15.2. The van der Waals surface area contributed by atoms with Crippen molar-refractivity contribution < 1.29 is 14.7 Å². The summed E-state index contributed by atoms with van der Waals surface area (Å²) in [6, 6.07) is 7.33. The van der Waals surface area contributed by atoms with Gasteiger partial charge in [-0.1, -0.05) is 49.1 Å². The highest BCUT2D eigenvalue weighted by Crippen LogP contribution is 2.32. The molecule has 114 valence electrons. The topological polar surface area (TPSA) is 54.4 Å². The van der Waals surface area contributed by atoms with Crippen molar-refractivity contribution in [3.8, 4) is 0 Å². The molecular formula is C17H22O3S. The average Bonchev–Trinajstić information content (AvgIpc) is 2.48. The van der Waals surface area contributed by atoms with E-state index in [9.17, 15) is 14.7 Å². The van der Waals surface area contributed by atoms with Crippen LogP contribution in [0.25, 0.3) is 0 Å². The van der Waals surface area contributed by atoms with Gasteiger partial charge in [0.2, 0.25) is 0 Å². The lowest BCUT2D eigenvalue weighted by Crippen LogP contribution is -2.24. The predicted molar refractivity (Wildman–Crippen MR) is 86.0 cm³/mol. The molecule has 1 fully saturated rings. The first kappa shape index (κ1) is 16.1. The summed E-state index contributed by atoms with van der Waals surface area (Å²) in [5, 5.41) is 9.14. The minimum absolute atomic E-state index is 0.0780. The molecule has 1 aromatic rings. The monoisotopic (exact) mass is 306 g/mol. The smallest absolute Gasteiger partial charge is 0.317 e. The third-order valence-corrected chi connectivity index (χ3v) is 5.48. The van der Waals surface area contributed by atoms with Crippen LogP contribution in [0.5, 0.6) is 0 Å². The standard InChI is InChI=1S/C17H22O3S/c1-12-7-9-13(10-8-12)15(18)11-16(17(19)20)21-14-5-3-2-4-6-14/h7-10,14,16H,2-6,11H2,1H3,(H,19,20)/t16-/m0/s1. The van der Waals surface area contributed by atoms with Gasteiger partial charge in [-0.25, -0.2) is 0 Å². The SMILES string of the molecule is Cc1ccc(C(=O)C[C@H](SC2CCCCC2)C(=O)O)cc1. The Balaban J connectivity index is 1.96. The molecule has 1 N–H and O–H groups in total. The van der Waals surface area contributed by atoms with Crippen molar-refractivity contribution in [2.75, 3.05) is 0 Å². The number of thioether (sulfide) groups is 1. The summed E-state index contributed by atoms with van der Waals surface area (Å²) in [5.41, 5.74) is 1.70. The Morgan fingerprint density at radius 3 is 2.38 bits per heavy atom. The minimum atomic E-state index is -0.869. The largest absolute Gasteiger partial charge is 0.480 e. The van der Waals surface area contributed by atoms with Crippen LogP contribution in [0.2, 0.25) is 0 Å². The van der Waals surface area contributed by atoms with E-state index >= 15 is 0 Å². The second kappa shape index (κ2) is 7.64. The number of Topliss-reactive ketones (excluding diaryl/α,β-unsaturated/α-hetero) is 1. The van der Waals surface area contributed by atoms with Gasteiger partial charge < -0.3 is 5.11 Å². The summed E-state index contributed by atoms with van der Waals surface area (Å²) in [6.45, 7) is 1.97. The summed E-state index contributed by atoms with van der Waals surface area (Å²) in [4.78, 5) is 23.7. The maximum absolute atomic E-state index is 12.2. The molecule has 4 heteroatoms. The number of carbonyl (C=O) groups excluding carboxylic acids is 1. The van der Waals surface area contributed by atoms with Crippen molar-refractivity contribution in [1.29, 1.82) is 0 Å². The number of aliphatic carboxylic acids is 1. The molecule has 1 atom stereocenters. The lowest BCUT2D eigenvalue weighted by Gasteiger charge is -2.24. The van der Waals surface area contributed by atoms with Crippen molar-refractivity contribution in [2.45, 2.75) is 55.9 Å². The molecule has 1 aliphatic rings. The second-order valence-electron chi connectivity index (χ2n) is 5.72. The number of benzene rings is 1. The van der Waals surface area contributed by atoms with Gasteiger partial charge in [0, 0.05) is 17.2 Å². The number of aryl methyl sites for hydroxylation is 1. The highest BCUT2D eigenvalue weighted by atomic mass is 32.2. The van der Waals surface area contributed by atoms with Crippen LogP contribution in [0.1, 0.15) is 54.4 Å². The van der Waals surface area contributed by atoms with Crippen LogP contribution in [-0.4, -0.2) is 27.4 Å². The predicted octanol–water partition coefficient (Wildman–Crippen LogP) is 4.09. The molecule has 0 radical (unpaired) electrons. The van der Waals surface area contributed by atoms with Crippen LogP contribution in [0.3, 0.4) is 0 Å². The fraction of sp³-hybridized carbons (Fsp3) is 0.529. The van der Waals surface area contributed by atoms with Gasteiger partial charge in [0.25, 0.3) is 0 Å². The van der Waals surface area contributed by atoms with Gasteiger partial charge in [0.15, 0.2) is 5.78 Å². The lowest BCUT2D eigenvalue weighted by atomic mass is 10.0.